The van der Waals surface area contributed by atoms with Crippen molar-refractivity contribution >= 4 is 30.7 Å². The average Bonchev–Trinajstić information content (AvgIpc) is 2.39. The molecule has 126 valence electrons. The van der Waals surface area contributed by atoms with E-state index in [1.807, 2.05) is 49.3 Å². The van der Waals surface area contributed by atoms with Gasteiger partial charge in [-0.25, -0.2) is 0 Å². The van der Waals surface area contributed by atoms with E-state index in [4.69, 9.17) is 0 Å². The van der Waals surface area contributed by atoms with Crippen LogP contribution in [0.4, 0.5) is 0 Å². The molecule has 1 aromatic carbocycles. The highest BCUT2D eigenvalue weighted by Crippen LogP contribution is 2.19. The topological polar surface area (TPSA) is 44.4 Å². The van der Waals surface area contributed by atoms with E-state index in [9.17, 15) is 4.79 Å². The number of rotatable bonds is 4. The number of carbonyl (C=O) groups is 1. The first-order valence-corrected chi connectivity index (χ1v) is 7.33. The summed E-state index contributed by atoms with van der Waals surface area (Å²) >= 11 is 0. The number of likely N-dealkylation sites (N-methyl/N-ethyl adjacent to an activating group) is 1. The van der Waals surface area contributed by atoms with Crippen LogP contribution in [-0.4, -0.2) is 43.5 Å². The highest BCUT2D eigenvalue weighted by atomic mass is 35.5. The predicted molar refractivity (Wildman–Crippen MR) is 96.0 cm³/mol. The number of carbonyl (C=O) groups excluding carboxylic acids is 1. The summed E-state index contributed by atoms with van der Waals surface area (Å²) < 4.78 is 0. The Morgan fingerprint density at radius 2 is 1.91 bits per heavy atom. The van der Waals surface area contributed by atoms with Crippen LogP contribution in [0.3, 0.4) is 0 Å². The van der Waals surface area contributed by atoms with Gasteiger partial charge in [0, 0.05) is 12.1 Å². The Morgan fingerprint density at radius 1 is 1.27 bits per heavy atom. The monoisotopic (exact) mass is 347 g/mol. The normalized spacial score (nSPS) is 22.2. The molecule has 1 heterocycles. The lowest BCUT2D eigenvalue weighted by atomic mass is 9.99. The van der Waals surface area contributed by atoms with Crippen molar-refractivity contribution in [1.82, 2.24) is 15.5 Å². The summed E-state index contributed by atoms with van der Waals surface area (Å²) in [6.07, 6.45) is 2.01. The van der Waals surface area contributed by atoms with Crippen molar-refractivity contribution in [2.75, 3.05) is 20.6 Å². The molecule has 0 aliphatic carbocycles. The highest BCUT2D eigenvalue weighted by molar-refractivity contribution is 5.85. The van der Waals surface area contributed by atoms with Crippen molar-refractivity contribution in [3.05, 3.63) is 35.9 Å². The number of hydrogen-bond acceptors (Lipinski definition) is 3. The van der Waals surface area contributed by atoms with E-state index < -0.39 is 0 Å². The molecule has 2 rings (SSSR count). The molecule has 0 radical (unpaired) electrons. The third-order valence-corrected chi connectivity index (χ3v) is 3.85. The van der Waals surface area contributed by atoms with Crippen LogP contribution in [0.2, 0.25) is 0 Å². The van der Waals surface area contributed by atoms with Crippen LogP contribution in [0, 0.1) is 0 Å². The van der Waals surface area contributed by atoms with Gasteiger partial charge in [-0.15, -0.1) is 24.8 Å². The summed E-state index contributed by atoms with van der Waals surface area (Å²) in [7, 11) is 3.89. The number of nitrogens with one attached hydrogen (secondary N) is 2. The van der Waals surface area contributed by atoms with Gasteiger partial charge in [0.2, 0.25) is 5.91 Å². The van der Waals surface area contributed by atoms with Crippen LogP contribution < -0.4 is 10.6 Å². The van der Waals surface area contributed by atoms with Gasteiger partial charge in [0.15, 0.2) is 0 Å². The van der Waals surface area contributed by atoms with Gasteiger partial charge in [0.1, 0.15) is 6.04 Å². The van der Waals surface area contributed by atoms with Crippen molar-refractivity contribution < 1.29 is 4.79 Å². The molecule has 1 aliphatic rings. The number of hydrogen-bond donors (Lipinski definition) is 2. The third-order valence-electron chi connectivity index (χ3n) is 3.85. The first-order valence-electron chi connectivity index (χ1n) is 7.33. The maximum Gasteiger partial charge on any atom is 0.242 e. The summed E-state index contributed by atoms with van der Waals surface area (Å²) in [4.78, 5) is 14.6. The highest BCUT2D eigenvalue weighted by Gasteiger charge is 2.26. The van der Waals surface area contributed by atoms with Gasteiger partial charge >= 0.3 is 0 Å². The molecule has 1 aliphatic heterocycles. The van der Waals surface area contributed by atoms with Gasteiger partial charge in [-0.1, -0.05) is 30.3 Å². The Morgan fingerprint density at radius 3 is 2.45 bits per heavy atom. The van der Waals surface area contributed by atoms with Gasteiger partial charge < -0.3 is 10.6 Å². The van der Waals surface area contributed by atoms with E-state index >= 15 is 0 Å². The molecule has 1 aromatic rings. The summed E-state index contributed by atoms with van der Waals surface area (Å²) in [6, 6.07) is 10.5. The molecule has 4 nitrogen and oxygen atoms in total. The lowest BCUT2D eigenvalue weighted by Gasteiger charge is -2.31. The Labute approximate surface area is 145 Å². The fourth-order valence-corrected chi connectivity index (χ4v) is 2.86. The molecule has 2 N–H and O–H groups in total. The zero-order chi connectivity index (χ0) is 14.5. The summed E-state index contributed by atoms with van der Waals surface area (Å²) in [5.41, 5.74) is 1.04. The minimum atomic E-state index is -0.221. The molecule has 1 amide bonds. The predicted octanol–water partition coefficient (Wildman–Crippen LogP) is 2.39. The lowest BCUT2D eigenvalue weighted by Crippen LogP contribution is -2.49. The second kappa shape index (κ2) is 10.1. The molecule has 0 saturated carbocycles. The largest absolute Gasteiger partial charge is 0.352 e. The van der Waals surface area contributed by atoms with Gasteiger partial charge in [-0.2, -0.15) is 0 Å². The van der Waals surface area contributed by atoms with Crippen LogP contribution in [0.5, 0.6) is 0 Å². The van der Waals surface area contributed by atoms with Gasteiger partial charge in [0.05, 0.1) is 0 Å². The maximum absolute atomic E-state index is 12.6. The smallest absolute Gasteiger partial charge is 0.242 e. The molecule has 0 spiro atoms. The minimum Gasteiger partial charge on any atom is -0.352 e. The Balaban J connectivity index is 0.00000220. The molecule has 22 heavy (non-hydrogen) atoms. The van der Waals surface area contributed by atoms with Crippen molar-refractivity contribution in [2.45, 2.75) is 37.9 Å². The van der Waals surface area contributed by atoms with Crippen molar-refractivity contribution in [3.63, 3.8) is 0 Å². The minimum absolute atomic E-state index is 0. The number of benzene rings is 1. The quantitative estimate of drug-likeness (QED) is 0.878. The van der Waals surface area contributed by atoms with E-state index in [0.29, 0.717) is 6.04 Å². The van der Waals surface area contributed by atoms with E-state index in [-0.39, 0.29) is 42.8 Å². The first kappa shape index (κ1) is 21.2. The molecular formula is C16H27Cl2N3O. The third kappa shape index (κ3) is 5.76. The maximum atomic E-state index is 12.6. The molecule has 0 aromatic heterocycles. The van der Waals surface area contributed by atoms with Crippen LogP contribution in [-0.2, 0) is 4.79 Å². The second-order valence-corrected chi connectivity index (χ2v) is 5.86. The summed E-state index contributed by atoms with van der Waals surface area (Å²) in [5.74, 6) is 0.0975. The van der Waals surface area contributed by atoms with Crippen molar-refractivity contribution in [2.24, 2.45) is 0 Å². The van der Waals surface area contributed by atoms with Crippen molar-refractivity contribution in [1.29, 1.82) is 0 Å². The number of halogens is 2. The zero-order valence-corrected chi connectivity index (χ0v) is 15.0. The first-order chi connectivity index (χ1) is 9.58. The standard InChI is InChI=1S/C16H25N3O.2ClH/c1-12-11-14(9-10-17-12)18-16(20)15(19(2)3)13-7-5-4-6-8-13;;/h4-8,12,14-15,17H,9-11H2,1-3H3,(H,18,20);2*1H. The number of nitrogens with zero attached hydrogens (tertiary/aromatic N) is 1. The van der Waals surface area contributed by atoms with Gasteiger partial charge in [-0.05, 0) is 46.0 Å². The SMILES string of the molecule is CC1CC(NC(=O)C(c2ccccc2)N(C)C)CCN1.Cl.Cl. The molecular weight excluding hydrogens is 321 g/mol. The van der Waals surface area contributed by atoms with E-state index in [0.717, 1.165) is 24.9 Å². The van der Waals surface area contributed by atoms with Crippen LogP contribution in [0.1, 0.15) is 31.4 Å². The second-order valence-electron chi connectivity index (χ2n) is 5.86. The fourth-order valence-electron chi connectivity index (χ4n) is 2.86. The van der Waals surface area contributed by atoms with Crippen molar-refractivity contribution in [3.8, 4) is 0 Å². The fraction of sp³-hybridized carbons (Fsp3) is 0.562. The average molecular weight is 348 g/mol. The summed E-state index contributed by atoms with van der Waals surface area (Å²) in [6.45, 7) is 3.14. The van der Waals surface area contributed by atoms with Crippen LogP contribution in [0.15, 0.2) is 30.3 Å². The molecule has 3 unspecified atom stereocenters. The van der Waals surface area contributed by atoms with E-state index in [1.165, 1.54) is 0 Å². The Hall–Kier alpha value is -0.810. The van der Waals surface area contributed by atoms with Crippen LogP contribution in [0.25, 0.3) is 0 Å². The number of piperidine rings is 1. The van der Waals surface area contributed by atoms with Gasteiger partial charge in [-0.3, -0.25) is 9.69 Å². The van der Waals surface area contributed by atoms with E-state index in [2.05, 4.69) is 17.6 Å². The molecule has 6 heteroatoms. The molecule has 1 saturated heterocycles. The molecule has 1 fully saturated rings. The lowest BCUT2D eigenvalue weighted by molar-refractivity contribution is -0.126. The molecule has 0 bridgehead atoms. The Bertz CT molecular complexity index is 442. The Kier molecular flexibility index (Phi) is 9.69. The molecule has 3 atom stereocenters. The summed E-state index contributed by atoms with van der Waals surface area (Å²) in [5, 5.41) is 6.62. The van der Waals surface area contributed by atoms with Crippen LogP contribution >= 0.6 is 24.8 Å². The number of amides is 1. The van der Waals surface area contributed by atoms with E-state index in [1.54, 1.807) is 0 Å². The van der Waals surface area contributed by atoms with Gasteiger partial charge in [0.25, 0.3) is 0 Å². The zero-order valence-electron chi connectivity index (χ0n) is 13.4.